The van der Waals surface area contributed by atoms with Gasteiger partial charge in [-0.1, -0.05) is 11.3 Å². The monoisotopic (exact) mass is 281 g/mol. The number of hydrogen-bond acceptors (Lipinski definition) is 5. The van der Waals surface area contributed by atoms with Crippen molar-refractivity contribution in [1.29, 1.82) is 0 Å². The van der Waals surface area contributed by atoms with Crippen LogP contribution < -0.4 is 4.90 Å². The first-order valence-corrected chi connectivity index (χ1v) is 7.63. The number of anilines is 1. The third-order valence-corrected chi connectivity index (χ3v) is 5.11. The third-order valence-electron chi connectivity index (χ3n) is 3.85. The van der Waals surface area contributed by atoms with Crippen molar-refractivity contribution in [2.45, 2.75) is 31.8 Å². The van der Waals surface area contributed by atoms with Gasteiger partial charge in [-0.15, -0.1) is 0 Å². The van der Waals surface area contributed by atoms with Gasteiger partial charge in [0.25, 0.3) is 0 Å². The Hall–Kier alpha value is -1.14. The molecule has 1 unspecified atom stereocenters. The lowest BCUT2D eigenvalue weighted by Crippen LogP contribution is -2.34. The van der Waals surface area contributed by atoms with E-state index in [0.29, 0.717) is 6.54 Å². The summed E-state index contributed by atoms with van der Waals surface area (Å²) in [5.41, 5.74) is 1.03. The summed E-state index contributed by atoms with van der Waals surface area (Å²) in [6.45, 7) is 2.07. The molecule has 1 N–H and O–H groups in total. The Balaban J connectivity index is 1.84. The molecule has 0 aromatic carbocycles. The second kappa shape index (κ2) is 5.09. The minimum atomic E-state index is -0.361. The number of aliphatic hydroxyl groups is 1. The maximum Gasteiger partial charge on any atom is 0.241 e. The van der Waals surface area contributed by atoms with Gasteiger partial charge in [0.05, 0.1) is 23.2 Å². The highest BCUT2D eigenvalue weighted by atomic mass is 32.1. The average Bonchev–Trinajstić information content (AvgIpc) is 2.75. The van der Waals surface area contributed by atoms with Crippen LogP contribution in [-0.2, 0) is 11.2 Å². The number of fused-ring (bicyclic) bond motifs is 1. The van der Waals surface area contributed by atoms with Crippen molar-refractivity contribution in [1.82, 2.24) is 9.88 Å². The number of aryl methyl sites for hydroxylation is 1. The van der Waals surface area contributed by atoms with E-state index in [4.69, 9.17) is 0 Å². The number of amides is 1. The number of aromatic nitrogens is 1. The Kier molecular flexibility index (Phi) is 3.45. The Bertz CT molecular complexity index is 488. The molecule has 6 heteroatoms. The summed E-state index contributed by atoms with van der Waals surface area (Å²) in [5, 5.41) is 10.9. The number of carbonyl (C=O) groups excluding carboxylic acids is 1. The molecule has 0 saturated carbocycles. The molecule has 1 aromatic rings. The first-order valence-electron chi connectivity index (χ1n) is 6.81. The second-order valence-corrected chi connectivity index (χ2v) is 6.31. The van der Waals surface area contributed by atoms with Crippen LogP contribution in [0.2, 0.25) is 0 Å². The number of nitrogens with zero attached hydrogens (tertiary/aromatic N) is 3. The highest BCUT2D eigenvalue weighted by Gasteiger charge is 2.26. The van der Waals surface area contributed by atoms with Crippen LogP contribution >= 0.6 is 11.3 Å². The largest absolute Gasteiger partial charge is 0.388 e. The zero-order valence-electron chi connectivity index (χ0n) is 11.1. The van der Waals surface area contributed by atoms with Crippen molar-refractivity contribution in [2.24, 2.45) is 0 Å². The molecule has 3 rings (SSSR count). The van der Waals surface area contributed by atoms with E-state index in [-0.39, 0.29) is 12.0 Å². The molecule has 1 aromatic heterocycles. The quantitative estimate of drug-likeness (QED) is 0.840. The maximum absolute atomic E-state index is 11.9. The van der Waals surface area contributed by atoms with Gasteiger partial charge in [-0.05, 0) is 25.7 Å². The normalized spacial score (nSPS) is 24.3. The number of likely N-dealkylation sites (N-methyl/N-ethyl adjacent to an activating group) is 1. The molecule has 2 aliphatic rings. The highest BCUT2D eigenvalue weighted by Crippen LogP contribution is 2.37. The molecule has 0 spiro atoms. The summed E-state index contributed by atoms with van der Waals surface area (Å²) < 4.78 is 0. The minimum Gasteiger partial charge on any atom is -0.388 e. The molecule has 1 atom stereocenters. The fourth-order valence-electron chi connectivity index (χ4n) is 2.67. The van der Waals surface area contributed by atoms with E-state index >= 15 is 0 Å². The van der Waals surface area contributed by atoms with Gasteiger partial charge in [-0.2, -0.15) is 0 Å². The van der Waals surface area contributed by atoms with Crippen LogP contribution in [0.4, 0.5) is 5.13 Å². The summed E-state index contributed by atoms with van der Waals surface area (Å²) in [5.74, 6) is 0.145. The van der Waals surface area contributed by atoms with Crippen LogP contribution in [0.5, 0.6) is 0 Å². The van der Waals surface area contributed by atoms with E-state index in [1.165, 1.54) is 0 Å². The zero-order valence-corrected chi connectivity index (χ0v) is 11.9. The van der Waals surface area contributed by atoms with Gasteiger partial charge in [0.15, 0.2) is 5.13 Å². The summed E-state index contributed by atoms with van der Waals surface area (Å²) in [6, 6.07) is 0. The van der Waals surface area contributed by atoms with Gasteiger partial charge in [0.1, 0.15) is 0 Å². The first kappa shape index (κ1) is 12.9. The third kappa shape index (κ3) is 2.47. The number of thiazole rings is 1. The summed E-state index contributed by atoms with van der Waals surface area (Å²) in [6.07, 6.45) is 3.38. The minimum absolute atomic E-state index is 0.145. The fraction of sp³-hybridized carbons (Fsp3) is 0.692. The molecule has 1 saturated heterocycles. The van der Waals surface area contributed by atoms with Gasteiger partial charge in [-0.25, -0.2) is 4.98 Å². The van der Waals surface area contributed by atoms with E-state index in [0.717, 1.165) is 54.5 Å². The maximum atomic E-state index is 11.9. The lowest BCUT2D eigenvalue weighted by atomic mass is 10.0. The van der Waals surface area contributed by atoms with Crippen molar-refractivity contribution in [2.75, 3.05) is 31.6 Å². The number of aliphatic hydroxyl groups excluding tert-OH is 1. The molecular weight excluding hydrogens is 262 g/mol. The molecule has 0 radical (unpaired) electrons. The lowest BCUT2D eigenvalue weighted by Gasteiger charge is -2.18. The van der Waals surface area contributed by atoms with E-state index in [1.54, 1.807) is 16.2 Å². The van der Waals surface area contributed by atoms with Gasteiger partial charge in [0.2, 0.25) is 5.91 Å². The molecule has 0 bridgehead atoms. The fourth-order valence-corrected chi connectivity index (χ4v) is 3.83. The van der Waals surface area contributed by atoms with E-state index < -0.39 is 0 Å². The van der Waals surface area contributed by atoms with Gasteiger partial charge >= 0.3 is 0 Å². The van der Waals surface area contributed by atoms with Crippen LogP contribution in [-0.4, -0.2) is 47.6 Å². The average molecular weight is 281 g/mol. The molecular formula is C13H19N3O2S. The van der Waals surface area contributed by atoms with Crippen molar-refractivity contribution in [3.05, 3.63) is 10.6 Å². The molecule has 1 amide bonds. The molecule has 5 nitrogen and oxygen atoms in total. The second-order valence-electron chi connectivity index (χ2n) is 5.31. The standard InChI is InChI=1S/C13H19N3O2S/c1-15-6-3-7-16(8-11(15)18)13-14-9-4-2-5-10(17)12(9)19-13/h10,17H,2-8H2,1H3. The molecule has 19 heavy (non-hydrogen) atoms. The highest BCUT2D eigenvalue weighted by molar-refractivity contribution is 7.15. The van der Waals surface area contributed by atoms with Gasteiger partial charge < -0.3 is 14.9 Å². The van der Waals surface area contributed by atoms with E-state index in [9.17, 15) is 9.90 Å². The lowest BCUT2D eigenvalue weighted by molar-refractivity contribution is -0.127. The Labute approximate surface area is 116 Å². The Morgan fingerprint density at radius 2 is 2.21 bits per heavy atom. The van der Waals surface area contributed by atoms with E-state index in [2.05, 4.69) is 9.88 Å². The van der Waals surface area contributed by atoms with Gasteiger partial charge in [-0.3, -0.25) is 4.79 Å². The van der Waals surface area contributed by atoms with Crippen molar-refractivity contribution >= 4 is 22.4 Å². The molecule has 1 aliphatic heterocycles. The van der Waals surface area contributed by atoms with Crippen LogP contribution in [0, 0.1) is 0 Å². The predicted octanol–water partition coefficient (Wildman–Crippen LogP) is 1.18. The van der Waals surface area contributed by atoms with Crippen molar-refractivity contribution < 1.29 is 9.90 Å². The smallest absolute Gasteiger partial charge is 0.241 e. The van der Waals surface area contributed by atoms with Crippen molar-refractivity contribution in [3.63, 3.8) is 0 Å². The van der Waals surface area contributed by atoms with Crippen molar-refractivity contribution in [3.8, 4) is 0 Å². The zero-order chi connectivity index (χ0) is 13.4. The van der Waals surface area contributed by atoms with Crippen LogP contribution in [0.1, 0.15) is 35.9 Å². The Morgan fingerprint density at radius 3 is 3.00 bits per heavy atom. The first-order chi connectivity index (χ1) is 9.15. The molecule has 2 heterocycles. The summed E-state index contributed by atoms with van der Waals surface area (Å²) in [4.78, 5) is 21.4. The van der Waals surface area contributed by atoms with Crippen LogP contribution in [0.3, 0.4) is 0 Å². The summed E-state index contributed by atoms with van der Waals surface area (Å²) in [7, 11) is 1.85. The SMILES string of the molecule is CN1CCCN(c2nc3c(s2)C(O)CCC3)CC1=O. The number of carbonyl (C=O) groups is 1. The Morgan fingerprint density at radius 1 is 1.37 bits per heavy atom. The van der Waals surface area contributed by atoms with Gasteiger partial charge in [0, 0.05) is 20.1 Å². The molecule has 104 valence electrons. The number of hydrogen-bond donors (Lipinski definition) is 1. The van der Waals surface area contributed by atoms with Crippen LogP contribution in [0.25, 0.3) is 0 Å². The molecule has 1 aliphatic carbocycles. The number of rotatable bonds is 1. The molecule has 1 fully saturated rings. The summed E-state index contributed by atoms with van der Waals surface area (Å²) >= 11 is 1.56. The topological polar surface area (TPSA) is 56.7 Å². The predicted molar refractivity (Wildman–Crippen MR) is 74.5 cm³/mol. The van der Waals surface area contributed by atoms with E-state index in [1.807, 2.05) is 7.05 Å². The van der Waals surface area contributed by atoms with Crippen LogP contribution in [0.15, 0.2) is 0 Å².